The number of rotatable bonds is 2. The lowest BCUT2D eigenvalue weighted by Gasteiger charge is -2.26. The number of carbonyl (C=O) groups excluding carboxylic acids is 1. The lowest BCUT2D eigenvalue weighted by atomic mass is 10.1. The minimum atomic E-state index is -5.05. The molecule has 2 saturated heterocycles. The van der Waals surface area contributed by atoms with Crippen molar-refractivity contribution in [2.45, 2.75) is 36.5 Å². The van der Waals surface area contributed by atoms with Crippen LogP contribution in [0.5, 0.6) is 0 Å². The predicted molar refractivity (Wildman–Crippen MR) is 97.9 cm³/mol. The summed E-state index contributed by atoms with van der Waals surface area (Å²) in [6.45, 7) is 0. The highest BCUT2D eigenvalue weighted by atomic mass is 32.2. The van der Waals surface area contributed by atoms with Crippen molar-refractivity contribution in [2.75, 3.05) is 16.4 Å². The summed E-state index contributed by atoms with van der Waals surface area (Å²) in [6, 6.07) is 0.151. The van der Waals surface area contributed by atoms with Gasteiger partial charge in [-0.2, -0.15) is 31.3 Å². The van der Waals surface area contributed by atoms with Gasteiger partial charge in [0.05, 0.1) is 28.7 Å². The van der Waals surface area contributed by atoms with Crippen LogP contribution >= 0.6 is 11.8 Å². The summed E-state index contributed by atoms with van der Waals surface area (Å²) >= 11 is 0.900. The predicted octanol–water partition coefficient (Wildman–Crippen LogP) is 3.74. The van der Waals surface area contributed by atoms with E-state index in [4.69, 9.17) is 0 Å². The molecule has 1 aromatic carbocycles. The van der Waals surface area contributed by atoms with Crippen LogP contribution in [0.25, 0.3) is 0 Å². The Morgan fingerprint density at radius 2 is 1.57 bits per heavy atom. The number of fused-ring (bicyclic) bond motifs is 1. The first-order valence-corrected chi connectivity index (χ1v) is 11.5. The number of hydrogen-bond donors (Lipinski definition) is 0. The van der Waals surface area contributed by atoms with E-state index < -0.39 is 62.0 Å². The third kappa shape index (κ3) is 4.18. The van der Waals surface area contributed by atoms with Crippen LogP contribution in [-0.4, -0.2) is 42.3 Å². The molecule has 1 amide bonds. The van der Waals surface area contributed by atoms with Crippen molar-refractivity contribution in [1.29, 1.82) is 0 Å². The number of sulfone groups is 1. The van der Waals surface area contributed by atoms with Gasteiger partial charge in [-0.15, -0.1) is 0 Å². The number of alkyl halides is 6. The van der Waals surface area contributed by atoms with E-state index >= 15 is 0 Å². The first-order valence-electron chi connectivity index (χ1n) is 8.83. The van der Waals surface area contributed by atoms with Crippen LogP contribution in [0.3, 0.4) is 0 Å². The Hall–Kier alpha value is -1.76. The van der Waals surface area contributed by atoms with Gasteiger partial charge in [0, 0.05) is 16.9 Å². The van der Waals surface area contributed by atoms with E-state index in [1.54, 1.807) is 0 Å². The van der Waals surface area contributed by atoms with E-state index in [1.165, 1.54) is 0 Å². The fourth-order valence-corrected chi connectivity index (χ4v) is 7.38. The summed E-state index contributed by atoms with van der Waals surface area (Å²) in [5.41, 5.74) is -3.53. The summed E-state index contributed by atoms with van der Waals surface area (Å²) in [5, 5.41) is -0.700. The Kier molecular flexibility index (Phi) is 4.92. The molecule has 1 saturated carbocycles. The van der Waals surface area contributed by atoms with Gasteiger partial charge in [0.25, 0.3) is 5.91 Å². The summed E-state index contributed by atoms with van der Waals surface area (Å²) < 4.78 is 104. The number of anilines is 1. The topological polar surface area (TPSA) is 66.8 Å². The number of thioether (sulfide) groups is 1. The highest BCUT2D eigenvalue weighted by Crippen LogP contribution is 2.45. The Bertz CT molecular complexity index is 999. The van der Waals surface area contributed by atoms with Gasteiger partial charge in [0.1, 0.15) is 0 Å². The zero-order valence-electron chi connectivity index (χ0n) is 15.0. The van der Waals surface area contributed by atoms with E-state index in [-0.39, 0.29) is 22.9 Å². The van der Waals surface area contributed by atoms with Gasteiger partial charge in [-0.25, -0.2) is 8.42 Å². The minimum absolute atomic E-state index is 0.00174. The highest BCUT2D eigenvalue weighted by molar-refractivity contribution is 8.16. The third-order valence-electron chi connectivity index (χ3n) is 5.05. The molecule has 0 unspecified atom stereocenters. The quantitative estimate of drug-likeness (QED) is 0.614. The molecule has 2 aliphatic heterocycles. The molecule has 1 aromatic rings. The average Bonchev–Trinajstić information content (AvgIpc) is 3.33. The molecule has 3 aliphatic rings. The first kappa shape index (κ1) is 21.5. The molecule has 164 valence electrons. The number of hydrogen-bond acceptors (Lipinski definition) is 4. The van der Waals surface area contributed by atoms with E-state index in [0.29, 0.717) is 25.0 Å². The summed E-state index contributed by atoms with van der Waals surface area (Å²) in [4.78, 5) is 17.1. The monoisotopic (exact) mass is 472 g/mol. The molecule has 3 fully saturated rings. The van der Waals surface area contributed by atoms with Crippen molar-refractivity contribution < 1.29 is 39.6 Å². The Labute approximate surface area is 171 Å². The average molecular weight is 472 g/mol. The summed E-state index contributed by atoms with van der Waals surface area (Å²) in [5.74, 6) is -1.55. The molecule has 0 radical (unpaired) electrons. The van der Waals surface area contributed by atoms with Crippen LogP contribution in [0.1, 0.15) is 24.0 Å². The van der Waals surface area contributed by atoms with Gasteiger partial charge in [-0.1, -0.05) is 11.8 Å². The Morgan fingerprint density at radius 3 is 2.07 bits per heavy atom. The smallest absolute Gasteiger partial charge is 0.316 e. The zero-order valence-corrected chi connectivity index (χ0v) is 16.6. The maximum Gasteiger partial charge on any atom is 0.416 e. The number of amides is 1. The molecule has 0 bridgehead atoms. The normalized spacial score (nSPS) is 27.5. The number of nitrogens with zero attached hydrogens (tertiary/aromatic N) is 2. The molecule has 13 heteroatoms. The Balaban J connectivity index is 1.84. The Morgan fingerprint density at radius 1 is 1.00 bits per heavy atom. The number of benzene rings is 1. The third-order valence-corrected chi connectivity index (χ3v) is 8.26. The molecular formula is C17H14F6N2O3S2. The molecule has 5 nitrogen and oxygen atoms in total. The van der Waals surface area contributed by atoms with Crippen molar-refractivity contribution >= 4 is 38.4 Å². The zero-order chi connectivity index (χ0) is 22.1. The van der Waals surface area contributed by atoms with Crippen LogP contribution in [0, 0.1) is 5.92 Å². The molecule has 2 atom stereocenters. The lowest BCUT2D eigenvalue weighted by Crippen LogP contribution is -2.38. The van der Waals surface area contributed by atoms with Gasteiger partial charge < -0.3 is 4.90 Å². The lowest BCUT2D eigenvalue weighted by molar-refractivity contribution is -0.143. The van der Waals surface area contributed by atoms with E-state index in [0.717, 1.165) is 16.7 Å². The van der Waals surface area contributed by atoms with Crippen LogP contribution in [-0.2, 0) is 27.0 Å². The van der Waals surface area contributed by atoms with E-state index in [2.05, 4.69) is 4.99 Å². The van der Waals surface area contributed by atoms with Gasteiger partial charge in [0.2, 0.25) is 0 Å². The number of aliphatic imine (C=N–C) groups is 1. The fourth-order valence-electron chi connectivity index (χ4n) is 3.46. The summed E-state index contributed by atoms with van der Waals surface area (Å²) in [6.07, 6.45) is -8.87. The van der Waals surface area contributed by atoms with Crippen LogP contribution in [0.4, 0.5) is 32.0 Å². The molecule has 0 aromatic heterocycles. The molecule has 0 spiro atoms. The maximum absolute atomic E-state index is 13.3. The summed E-state index contributed by atoms with van der Waals surface area (Å²) in [7, 11) is -3.53. The molecule has 4 rings (SSSR count). The molecule has 1 aliphatic carbocycles. The van der Waals surface area contributed by atoms with Gasteiger partial charge in [0.15, 0.2) is 15.0 Å². The van der Waals surface area contributed by atoms with Gasteiger partial charge >= 0.3 is 12.4 Å². The molecular weight excluding hydrogens is 458 g/mol. The van der Waals surface area contributed by atoms with Crippen LogP contribution < -0.4 is 4.90 Å². The number of halogens is 6. The van der Waals surface area contributed by atoms with Crippen molar-refractivity contribution in [3.05, 3.63) is 29.3 Å². The van der Waals surface area contributed by atoms with Gasteiger partial charge in [-0.05, 0) is 31.0 Å². The second kappa shape index (κ2) is 6.87. The van der Waals surface area contributed by atoms with Gasteiger partial charge in [-0.3, -0.25) is 4.79 Å². The second-order valence-electron chi connectivity index (χ2n) is 7.44. The van der Waals surface area contributed by atoms with Crippen LogP contribution in [0.2, 0.25) is 0 Å². The molecule has 30 heavy (non-hydrogen) atoms. The van der Waals surface area contributed by atoms with Crippen molar-refractivity contribution in [3.8, 4) is 0 Å². The fraction of sp³-hybridized carbons (Fsp3) is 0.529. The maximum atomic E-state index is 13.3. The number of amidine groups is 1. The molecule has 2 heterocycles. The first-order chi connectivity index (χ1) is 13.7. The van der Waals surface area contributed by atoms with Crippen molar-refractivity contribution in [3.63, 3.8) is 0 Å². The standard InChI is InChI=1S/C17H14F6N2O3S2/c18-16(19,20)9-3-10(17(21,22)23)5-11(4-9)25-12-6-30(27,28)7-13(12)29-15(25)24-14(26)8-1-2-8/h3-5,8,12-13H,1-2,6-7H2/t12-,13-/m1/s1. The molecule has 0 N–H and O–H groups in total. The SMILES string of the molecule is O=C(N=C1S[C@@H]2CS(=O)(=O)C[C@H]2N1c1cc(C(F)(F)F)cc(C(F)(F)F)c1)C1CC1. The van der Waals surface area contributed by atoms with Crippen molar-refractivity contribution in [1.82, 2.24) is 0 Å². The van der Waals surface area contributed by atoms with E-state index in [9.17, 15) is 39.6 Å². The minimum Gasteiger partial charge on any atom is -0.316 e. The van der Waals surface area contributed by atoms with Crippen LogP contribution in [0.15, 0.2) is 23.2 Å². The largest absolute Gasteiger partial charge is 0.416 e. The highest BCUT2D eigenvalue weighted by Gasteiger charge is 2.50. The van der Waals surface area contributed by atoms with Crippen molar-refractivity contribution in [2.24, 2.45) is 10.9 Å². The second-order valence-corrected chi connectivity index (χ2v) is 10.8. The van der Waals surface area contributed by atoms with E-state index in [1.807, 2.05) is 0 Å². The number of carbonyl (C=O) groups is 1.